The fraction of sp³-hybridized carbons (Fsp3) is 0.842. The largest absolute Gasteiger partial charge is 0.378 e. The lowest BCUT2D eigenvalue weighted by molar-refractivity contribution is -0.170. The number of hydrogen-bond donors (Lipinski definition) is 2. The van der Waals surface area contributed by atoms with Crippen LogP contribution < -0.4 is 11.1 Å². The average molecular weight is 436 g/mol. The van der Waals surface area contributed by atoms with Crippen molar-refractivity contribution in [1.29, 1.82) is 0 Å². The fourth-order valence-corrected chi connectivity index (χ4v) is 4.16. The lowest BCUT2D eigenvalue weighted by atomic mass is 9.54. The van der Waals surface area contributed by atoms with Crippen molar-refractivity contribution >= 4 is 30.7 Å². The maximum Gasteiger partial charge on any atom is 0.240 e. The number of nitrogens with zero attached hydrogens (tertiary/aromatic N) is 3. The van der Waals surface area contributed by atoms with Gasteiger partial charge >= 0.3 is 0 Å². The van der Waals surface area contributed by atoms with E-state index in [0.717, 1.165) is 37.5 Å². The SMILES string of the molecule is CCOC1CC(N)(C(=O)NCCCc2nnc3n2CCCCC3)C1(C)C.Cl.Cl. The number of ether oxygens (including phenoxy) is 1. The van der Waals surface area contributed by atoms with Crippen LogP contribution in [0.3, 0.4) is 0 Å². The molecule has 1 saturated carbocycles. The number of aryl methyl sites for hydroxylation is 2. The molecule has 0 aromatic carbocycles. The molecule has 2 atom stereocenters. The molecule has 3 N–H and O–H groups in total. The van der Waals surface area contributed by atoms with Gasteiger partial charge in [0.05, 0.1) is 6.10 Å². The van der Waals surface area contributed by atoms with Crippen LogP contribution >= 0.6 is 24.8 Å². The second-order valence-electron chi connectivity index (χ2n) is 8.20. The maximum atomic E-state index is 12.6. The van der Waals surface area contributed by atoms with Gasteiger partial charge in [-0.05, 0) is 26.2 Å². The molecule has 2 aliphatic rings. The van der Waals surface area contributed by atoms with E-state index in [1.807, 2.05) is 20.8 Å². The quantitative estimate of drug-likeness (QED) is 0.641. The Morgan fingerprint density at radius 2 is 2.04 bits per heavy atom. The summed E-state index contributed by atoms with van der Waals surface area (Å²) < 4.78 is 7.96. The van der Waals surface area contributed by atoms with Gasteiger partial charge in [-0.3, -0.25) is 4.79 Å². The van der Waals surface area contributed by atoms with Crippen LogP contribution in [0.4, 0.5) is 0 Å². The number of carbonyl (C=O) groups is 1. The molecule has 9 heteroatoms. The van der Waals surface area contributed by atoms with Gasteiger partial charge in [0.1, 0.15) is 17.2 Å². The normalized spacial score (nSPS) is 25.4. The van der Waals surface area contributed by atoms with Crippen molar-refractivity contribution in [3.8, 4) is 0 Å². The van der Waals surface area contributed by atoms with E-state index in [2.05, 4.69) is 20.1 Å². The molecule has 1 aliphatic heterocycles. The zero-order valence-corrected chi connectivity index (χ0v) is 18.8. The summed E-state index contributed by atoms with van der Waals surface area (Å²) in [6.07, 6.45) is 6.98. The van der Waals surface area contributed by atoms with Crippen molar-refractivity contribution in [2.45, 2.75) is 83.9 Å². The molecule has 0 spiro atoms. The molecule has 7 nitrogen and oxygen atoms in total. The van der Waals surface area contributed by atoms with Gasteiger partial charge in [-0.1, -0.05) is 20.3 Å². The Bertz CT molecular complexity index is 652. The van der Waals surface area contributed by atoms with Crippen molar-refractivity contribution in [2.75, 3.05) is 13.2 Å². The number of carbonyl (C=O) groups excluding carboxylic acids is 1. The standard InChI is InChI=1S/C19H33N5O2.2ClH/c1-4-26-14-13-19(20,18(14,2)3)17(25)21-11-8-10-16-23-22-15-9-6-5-7-12-24(15)16;;/h14H,4-13,20H2,1-3H3,(H,21,25);2*1H. The van der Waals surface area contributed by atoms with Gasteiger partial charge in [-0.25, -0.2) is 0 Å². The summed E-state index contributed by atoms with van der Waals surface area (Å²) in [7, 11) is 0. The summed E-state index contributed by atoms with van der Waals surface area (Å²) in [6.45, 7) is 8.27. The minimum absolute atomic E-state index is 0. The third-order valence-electron chi connectivity index (χ3n) is 6.28. The third kappa shape index (κ3) is 4.64. The summed E-state index contributed by atoms with van der Waals surface area (Å²) in [5.74, 6) is 2.08. The van der Waals surface area contributed by atoms with E-state index in [-0.39, 0.29) is 42.2 Å². The smallest absolute Gasteiger partial charge is 0.240 e. The van der Waals surface area contributed by atoms with Gasteiger partial charge in [-0.2, -0.15) is 0 Å². The highest BCUT2D eigenvalue weighted by Gasteiger charge is 2.62. The number of halogens is 2. The molecule has 1 fully saturated rings. The minimum Gasteiger partial charge on any atom is -0.378 e. The van der Waals surface area contributed by atoms with Crippen molar-refractivity contribution in [1.82, 2.24) is 20.1 Å². The molecule has 2 heterocycles. The Kier molecular flexibility index (Phi) is 9.19. The Hall–Kier alpha value is -0.890. The number of aromatic nitrogens is 3. The first kappa shape index (κ1) is 25.1. The van der Waals surface area contributed by atoms with Crippen LogP contribution in [0.2, 0.25) is 0 Å². The molecule has 162 valence electrons. The molecule has 2 unspecified atom stereocenters. The summed E-state index contributed by atoms with van der Waals surface area (Å²) in [5, 5.41) is 11.7. The lowest BCUT2D eigenvalue weighted by Gasteiger charge is -2.57. The van der Waals surface area contributed by atoms with Crippen LogP contribution in [0.5, 0.6) is 0 Å². The second kappa shape index (κ2) is 10.2. The third-order valence-corrected chi connectivity index (χ3v) is 6.28. The monoisotopic (exact) mass is 435 g/mol. The maximum absolute atomic E-state index is 12.6. The first-order chi connectivity index (χ1) is 12.4. The second-order valence-corrected chi connectivity index (χ2v) is 8.20. The summed E-state index contributed by atoms with van der Waals surface area (Å²) in [5.41, 5.74) is 5.21. The van der Waals surface area contributed by atoms with Crippen LogP contribution in [-0.4, -0.2) is 45.5 Å². The van der Waals surface area contributed by atoms with Crippen LogP contribution in [0.15, 0.2) is 0 Å². The zero-order valence-electron chi connectivity index (χ0n) is 17.2. The summed E-state index contributed by atoms with van der Waals surface area (Å²) in [4.78, 5) is 12.6. The number of nitrogens with two attached hydrogens (primary N) is 1. The molecule has 28 heavy (non-hydrogen) atoms. The van der Waals surface area contributed by atoms with Crippen LogP contribution in [0.25, 0.3) is 0 Å². The zero-order chi connectivity index (χ0) is 18.8. The summed E-state index contributed by atoms with van der Waals surface area (Å²) in [6, 6.07) is 0. The van der Waals surface area contributed by atoms with Gasteiger partial charge in [0.15, 0.2) is 0 Å². The fourth-order valence-electron chi connectivity index (χ4n) is 4.16. The number of rotatable bonds is 7. The van der Waals surface area contributed by atoms with Crippen LogP contribution in [0.1, 0.15) is 64.5 Å². The predicted molar refractivity (Wildman–Crippen MR) is 114 cm³/mol. The molecule has 1 amide bonds. The van der Waals surface area contributed by atoms with Crippen LogP contribution in [-0.2, 0) is 28.9 Å². The number of nitrogens with one attached hydrogen (secondary N) is 1. The van der Waals surface area contributed by atoms with Gasteiger partial charge in [0.25, 0.3) is 0 Å². The van der Waals surface area contributed by atoms with Crippen molar-refractivity contribution in [2.24, 2.45) is 11.1 Å². The Morgan fingerprint density at radius 1 is 1.29 bits per heavy atom. The van der Waals surface area contributed by atoms with Crippen molar-refractivity contribution < 1.29 is 9.53 Å². The van der Waals surface area contributed by atoms with Crippen molar-refractivity contribution in [3.63, 3.8) is 0 Å². The molecule has 0 radical (unpaired) electrons. The van der Waals surface area contributed by atoms with E-state index < -0.39 is 5.54 Å². The van der Waals surface area contributed by atoms with E-state index in [0.29, 0.717) is 19.6 Å². The first-order valence-corrected chi connectivity index (χ1v) is 10.00. The Morgan fingerprint density at radius 3 is 2.71 bits per heavy atom. The molecular formula is C19H35Cl2N5O2. The Labute approximate surface area is 180 Å². The molecule has 0 saturated heterocycles. The number of amides is 1. The topological polar surface area (TPSA) is 95.1 Å². The number of fused-ring (bicyclic) bond motifs is 1. The van der Waals surface area contributed by atoms with E-state index in [1.54, 1.807) is 0 Å². The predicted octanol–water partition coefficient (Wildman–Crippen LogP) is 2.43. The number of hydrogen-bond acceptors (Lipinski definition) is 5. The molecule has 1 aromatic rings. The molecule has 1 aromatic heterocycles. The van der Waals surface area contributed by atoms with Gasteiger partial charge in [0.2, 0.25) is 5.91 Å². The van der Waals surface area contributed by atoms with Gasteiger partial charge < -0.3 is 20.4 Å². The molecular weight excluding hydrogens is 401 g/mol. The molecule has 0 bridgehead atoms. The summed E-state index contributed by atoms with van der Waals surface area (Å²) >= 11 is 0. The highest BCUT2D eigenvalue weighted by Crippen LogP contribution is 2.49. The van der Waals surface area contributed by atoms with E-state index >= 15 is 0 Å². The first-order valence-electron chi connectivity index (χ1n) is 10.00. The molecule has 3 rings (SSSR count). The Balaban J connectivity index is 0.00000196. The highest BCUT2D eigenvalue weighted by atomic mass is 35.5. The molecule has 1 aliphatic carbocycles. The van der Waals surface area contributed by atoms with E-state index in [4.69, 9.17) is 10.5 Å². The van der Waals surface area contributed by atoms with Gasteiger partial charge in [0, 0.05) is 44.4 Å². The lowest BCUT2D eigenvalue weighted by Crippen LogP contribution is -2.75. The highest BCUT2D eigenvalue weighted by molar-refractivity contribution is 5.88. The van der Waals surface area contributed by atoms with Crippen LogP contribution in [0, 0.1) is 5.41 Å². The van der Waals surface area contributed by atoms with E-state index in [1.165, 1.54) is 19.3 Å². The minimum atomic E-state index is -0.848. The average Bonchev–Trinajstić information content (AvgIpc) is 2.84. The van der Waals surface area contributed by atoms with E-state index in [9.17, 15) is 4.79 Å². The van der Waals surface area contributed by atoms with Gasteiger partial charge in [-0.15, -0.1) is 35.0 Å². The van der Waals surface area contributed by atoms with Crippen molar-refractivity contribution in [3.05, 3.63) is 11.6 Å².